The number of para-hydroxylation sites is 1. The van der Waals surface area contributed by atoms with Crippen LogP contribution in [-0.2, 0) is 0 Å². The minimum atomic E-state index is -0.110. The molecule has 1 saturated heterocycles. The van der Waals surface area contributed by atoms with Crippen molar-refractivity contribution >= 4 is 5.69 Å². The average Bonchev–Trinajstić information content (AvgIpc) is 2.49. The first kappa shape index (κ1) is 12.2. The molecule has 3 rings (SSSR count). The fraction of sp³-hybridized carbons (Fsp3) is 0.294. The van der Waals surface area contributed by atoms with Crippen LogP contribution in [0.2, 0.25) is 0 Å². The number of halogens is 1. The monoisotopic (exact) mass is 255 g/mol. The Hall–Kier alpha value is -1.83. The van der Waals surface area contributed by atoms with Crippen LogP contribution >= 0.6 is 0 Å². The number of piperidine rings is 1. The Balaban J connectivity index is 1.69. The van der Waals surface area contributed by atoms with Crippen molar-refractivity contribution in [2.45, 2.75) is 18.8 Å². The van der Waals surface area contributed by atoms with Gasteiger partial charge in [-0.3, -0.25) is 0 Å². The van der Waals surface area contributed by atoms with Crippen LogP contribution in [0.25, 0.3) is 0 Å². The third-order valence-corrected chi connectivity index (χ3v) is 3.96. The second kappa shape index (κ2) is 5.43. The Labute approximate surface area is 113 Å². The zero-order valence-electron chi connectivity index (χ0n) is 10.9. The summed E-state index contributed by atoms with van der Waals surface area (Å²) in [5, 5.41) is 0. The van der Waals surface area contributed by atoms with Crippen molar-refractivity contribution in [1.82, 2.24) is 0 Å². The molecule has 0 bridgehead atoms. The molecule has 1 aliphatic rings. The largest absolute Gasteiger partial charge is 0.369 e. The number of rotatable bonds is 2. The van der Waals surface area contributed by atoms with Crippen LogP contribution in [0.3, 0.4) is 0 Å². The molecule has 0 amide bonds. The second-order valence-electron chi connectivity index (χ2n) is 5.12. The molecule has 1 fully saturated rings. The van der Waals surface area contributed by atoms with Gasteiger partial charge in [-0.1, -0.05) is 42.5 Å². The van der Waals surface area contributed by atoms with Crippen LogP contribution in [0, 0.1) is 5.82 Å². The third kappa shape index (κ3) is 2.62. The first-order valence-corrected chi connectivity index (χ1v) is 6.89. The van der Waals surface area contributed by atoms with Gasteiger partial charge in [-0.2, -0.15) is 0 Å². The number of anilines is 1. The second-order valence-corrected chi connectivity index (χ2v) is 5.12. The van der Waals surface area contributed by atoms with E-state index in [4.69, 9.17) is 0 Å². The summed E-state index contributed by atoms with van der Waals surface area (Å²) in [6, 6.07) is 17.7. The molecular formula is C17H18FN. The highest BCUT2D eigenvalue weighted by atomic mass is 19.1. The van der Waals surface area contributed by atoms with Gasteiger partial charge in [0, 0.05) is 13.1 Å². The van der Waals surface area contributed by atoms with Crippen LogP contribution in [0.15, 0.2) is 54.6 Å². The Morgan fingerprint density at radius 3 is 2.16 bits per heavy atom. The van der Waals surface area contributed by atoms with E-state index in [0.29, 0.717) is 5.92 Å². The molecule has 0 spiro atoms. The Kier molecular flexibility index (Phi) is 3.49. The predicted molar refractivity (Wildman–Crippen MR) is 77.0 cm³/mol. The molecule has 1 nitrogen and oxygen atoms in total. The quantitative estimate of drug-likeness (QED) is 0.777. The molecule has 2 aromatic carbocycles. The Morgan fingerprint density at radius 2 is 1.47 bits per heavy atom. The lowest BCUT2D eigenvalue weighted by molar-refractivity contribution is 0.497. The Bertz CT molecular complexity index is 530. The summed E-state index contributed by atoms with van der Waals surface area (Å²) in [6.07, 6.45) is 2.19. The van der Waals surface area contributed by atoms with Crippen molar-refractivity contribution in [3.05, 3.63) is 66.0 Å². The topological polar surface area (TPSA) is 3.24 Å². The molecule has 0 atom stereocenters. The molecule has 2 aromatic rings. The number of hydrogen-bond acceptors (Lipinski definition) is 1. The van der Waals surface area contributed by atoms with Crippen molar-refractivity contribution in [2.24, 2.45) is 0 Å². The average molecular weight is 255 g/mol. The van der Waals surface area contributed by atoms with E-state index in [1.807, 2.05) is 12.1 Å². The molecule has 19 heavy (non-hydrogen) atoms. The Morgan fingerprint density at radius 1 is 0.842 bits per heavy atom. The molecule has 1 heterocycles. The molecule has 0 unspecified atom stereocenters. The van der Waals surface area contributed by atoms with Gasteiger partial charge in [-0.15, -0.1) is 0 Å². The van der Waals surface area contributed by atoms with E-state index in [1.54, 1.807) is 12.1 Å². The lowest BCUT2D eigenvalue weighted by Gasteiger charge is -2.34. The van der Waals surface area contributed by atoms with E-state index in [2.05, 4.69) is 35.2 Å². The normalized spacial score (nSPS) is 16.6. The van der Waals surface area contributed by atoms with Crippen molar-refractivity contribution < 1.29 is 4.39 Å². The van der Waals surface area contributed by atoms with Crippen LogP contribution in [0.4, 0.5) is 10.1 Å². The fourth-order valence-corrected chi connectivity index (χ4v) is 2.89. The number of benzene rings is 2. The highest BCUT2D eigenvalue weighted by Gasteiger charge is 2.21. The lowest BCUT2D eigenvalue weighted by atomic mass is 9.89. The summed E-state index contributed by atoms with van der Waals surface area (Å²) in [4.78, 5) is 2.16. The van der Waals surface area contributed by atoms with Crippen LogP contribution in [0.5, 0.6) is 0 Å². The first-order chi connectivity index (χ1) is 9.34. The minimum Gasteiger partial charge on any atom is -0.369 e. The molecule has 1 aliphatic heterocycles. The molecule has 0 saturated carbocycles. The molecule has 98 valence electrons. The number of nitrogens with zero attached hydrogens (tertiary/aromatic N) is 1. The van der Waals surface area contributed by atoms with Crippen LogP contribution < -0.4 is 4.90 Å². The minimum absolute atomic E-state index is 0.110. The summed E-state index contributed by atoms with van der Waals surface area (Å²) in [7, 11) is 0. The molecule has 2 heteroatoms. The van der Waals surface area contributed by atoms with Crippen molar-refractivity contribution in [2.75, 3.05) is 18.0 Å². The van der Waals surface area contributed by atoms with Crippen molar-refractivity contribution in [3.8, 4) is 0 Å². The number of hydrogen-bond donors (Lipinski definition) is 0. The highest BCUT2D eigenvalue weighted by molar-refractivity contribution is 5.48. The van der Waals surface area contributed by atoms with Gasteiger partial charge in [0.05, 0.1) is 5.69 Å². The van der Waals surface area contributed by atoms with Crippen LogP contribution in [0.1, 0.15) is 24.3 Å². The molecule has 0 N–H and O–H groups in total. The summed E-state index contributed by atoms with van der Waals surface area (Å²) in [5.41, 5.74) is 2.16. The lowest BCUT2D eigenvalue weighted by Crippen LogP contribution is -2.33. The standard InChI is InChI=1S/C17H18FN/c18-16-8-4-5-9-17(16)19-12-10-15(11-13-19)14-6-2-1-3-7-14/h1-9,15H,10-13H2. The van der Waals surface area contributed by atoms with Gasteiger partial charge in [-0.25, -0.2) is 4.39 Å². The van der Waals surface area contributed by atoms with Gasteiger partial charge in [0.2, 0.25) is 0 Å². The van der Waals surface area contributed by atoms with Crippen LogP contribution in [-0.4, -0.2) is 13.1 Å². The maximum Gasteiger partial charge on any atom is 0.146 e. The summed E-state index contributed by atoms with van der Waals surface area (Å²) in [5.74, 6) is 0.505. The van der Waals surface area contributed by atoms with Gasteiger partial charge in [0.1, 0.15) is 5.82 Å². The SMILES string of the molecule is Fc1ccccc1N1CCC(c2ccccc2)CC1. The zero-order valence-corrected chi connectivity index (χ0v) is 10.9. The van der Waals surface area contributed by atoms with Gasteiger partial charge >= 0.3 is 0 Å². The van der Waals surface area contributed by atoms with E-state index >= 15 is 0 Å². The van der Waals surface area contributed by atoms with E-state index in [-0.39, 0.29) is 5.82 Å². The van der Waals surface area contributed by atoms with Crippen molar-refractivity contribution in [1.29, 1.82) is 0 Å². The van der Waals surface area contributed by atoms with E-state index in [9.17, 15) is 4.39 Å². The van der Waals surface area contributed by atoms with Gasteiger partial charge < -0.3 is 4.90 Å². The summed E-state index contributed by atoms with van der Waals surface area (Å²) in [6.45, 7) is 1.86. The highest BCUT2D eigenvalue weighted by Crippen LogP contribution is 2.31. The molecule has 0 aliphatic carbocycles. The van der Waals surface area contributed by atoms with E-state index in [1.165, 1.54) is 5.56 Å². The molecule has 0 radical (unpaired) electrons. The van der Waals surface area contributed by atoms with E-state index in [0.717, 1.165) is 31.6 Å². The maximum absolute atomic E-state index is 13.8. The van der Waals surface area contributed by atoms with Gasteiger partial charge in [0.25, 0.3) is 0 Å². The smallest absolute Gasteiger partial charge is 0.146 e. The van der Waals surface area contributed by atoms with Crippen molar-refractivity contribution in [3.63, 3.8) is 0 Å². The summed E-state index contributed by atoms with van der Waals surface area (Å²) < 4.78 is 13.8. The van der Waals surface area contributed by atoms with E-state index < -0.39 is 0 Å². The first-order valence-electron chi connectivity index (χ1n) is 6.89. The van der Waals surface area contributed by atoms with Gasteiger partial charge in [-0.05, 0) is 36.5 Å². The third-order valence-electron chi connectivity index (χ3n) is 3.96. The molecular weight excluding hydrogens is 237 g/mol. The maximum atomic E-state index is 13.8. The van der Waals surface area contributed by atoms with Gasteiger partial charge in [0.15, 0.2) is 0 Å². The fourth-order valence-electron chi connectivity index (χ4n) is 2.89. The summed E-state index contributed by atoms with van der Waals surface area (Å²) >= 11 is 0. The predicted octanol–water partition coefficient (Wildman–Crippen LogP) is 4.21. The molecule has 0 aromatic heterocycles. The zero-order chi connectivity index (χ0) is 13.1.